The summed E-state index contributed by atoms with van der Waals surface area (Å²) in [5, 5.41) is 9.60. The predicted octanol–water partition coefficient (Wildman–Crippen LogP) is 5.81. The number of rotatable bonds is 5. The first-order valence-electron chi connectivity index (χ1n) is 10.6. The van der Waals surface area contributed by atoms with Crippen LogP contribution in [0, 0.1) is 0 Å². The third kappa shape index (κ3) is 3.90. The number of nitrogens with one attached hydrogen (secondary N) is 1. The SMILES string of the molecule is CCc1ccc(C2C3=C(CCCC3=O)Nc3nc(SCc4ccccc4Cl)nn32)cc1. The first-order valence-corrected chi connectivity index (χ1v) is 11.9. The summed E-state index contributed by atoms with van der Waals surface area (Å²) in [6, 6.07) is 16.1. The molecule has 3 aromatic rings. The average molecular weight is 451 g/mol. The Balaban J connectivity index is 1.50. The van der Waals surface area contributed by atoms with Gasteiger partial charge in [-0.05, 0) is 42.0 Å². The summed E-state index contributed by atoms with van der Waals surface area (Å²) in [6.07, 6.45) is 3.30. The molecule has 0 bridgehead atoms. The molecule has 2 aliphatic rings. The topological polar surface area (TPSA) is 59.8 Å². The number of fused-ring (bicyclic) bond motifs is 1. The first kappa shape index (κ1) is 20.3. The predicted molar refractivity (Wildman–Crippen MR) is 125 cm³/mol. The molecule has 2 heterocycles. The summed E-state index contributed by atoms with van der Waals surface area (Å²) in [4.78, 5) is 17.7. The van der Waals surface area contributed by atoms with Gasteiger partial charge in [-0.2, -0.15) is 4.98 Å². The maximum Gasteiger partial charge on any atom is 0.227 e. The number of ketones is 1. The molecule has 5 rings (SSSR count). The van der Waals surface area contributed by atoms with Crippen LogP contribution in [0.4, 0.5) is 5.95 Å². The Morgan fingerprint density at radius 2 is 1.97 bits per heavy atom. The highest BCUT2D eigenvalue weighted by Gasteiger charge is 2.36. The van der Waals surface area contributed by atoms with Crippen LogP contribution in [0.25, 0.3) is 0 Å². The molecule has 158 valence electrons. The number of thioether (sulfide) groups is 1. The van der Waals surface area contributed by atoms with E-state index in [1.165, 1.54) is 5.56 Å². The minimum Gasteiger partial charge on any atom is -0.328 e. The van der Waals surface area contributed by atoms with Crippen LogP contribution in [0.15, 0.2) is 65.0 Å². The van der Waals surface area contributed by atoms with Crippen molar-refractivity contribution >= 4 is 35.1 Å². The molecule has 0 radical (unpaired) electrons. The highest BCUT2D eigenvalue weighted by Crippen LogP contribution is 2.40. The lowest BCUT2D eigenvalue weighted by molar-refractivity contribution is -0.116. The van der Waals surface area contributed by atoms with E-state index >= 15 is 0 Å². The van der Waals surface area contributed by atoms with Crippen LogP contribution < -0.4 is 5.32 Å². The molecule has 0 amide bonds. The van der Waals surface area contributed by atoms with Gasteiger partial charge in [-0.3, -0.25) is 4.79 Å². The molecule has 0 saturated heterocycles. The zero-order valence-electron chi connectivity index (χ0n) is 17.3. The Morgan fingerprint density at radius 1 is 1.16 bits per heavy atom. The molecule has 0 saturated carbocycles. The zero-order chi connectivity index (χ0) is 21.4. The molecule has 1 atom stereocenters. The summed E-state index contributed by atoms with van der Waals surface area (Å²) < 4.78 is 1.87. The molecular weight excluding hydrogens is 428 g/mol. The van der Waals surface area contributed by atoms with Crippen LogP contribution in [0.5, 0.6) is 0 Å². The van der Waals surface area contributed by atoms with Gasteiger partial charge in [-0.15, -0.1) is 5.10 Å². The first-order chi connectivity index (χ1) is 15.1. The molecule has 1 N–H and O–H groups in total. The van der Waals surface area contributed by atoms with Crippen LogP contribution >= 0.6 is 23.4 Å². The van der Waals surface area contributed by atoms with E-state index in [-0.39, 0.29) is 11.8 Å². The molecule has 2 aromatic carbocycles. The molecule has 1 unspecified atom stereocenters. The van der Waals surface area contributed by atoms with Crippen molar-refractivity contribution in [2.75, 3.05) is 5.32 Å². The second kappa shape index (κ2) is 8.52. The number of benzene rings is 2. The fourth-order valence-electron chi connectivity index (χ4n) is 4.20. The van der Waals surface area contributed by atoms with Crippen LogP contribution in [0.2, 0.25) is 5.02 Å². The van der Waals surface area contributed by atoms with Gasteiger partial charge in [-0.1, -0.05) is 72.8 Å². The monoisotopic (exact) mass is 450 g/mol. The Labute approximate surface area is 190 Å². The number of carbonyl (C=O) groups excluding carboxylic acids is 1. The lowest BCUT2D eigenvalue weighted by Crippen LogP contribution is -2.31. The Hall–Kier alpha value is -2.57. The molecule has 5 nitrogen and oxygen atoms in total. The van der Waals surface area contributed by atoms with Crippen molar-refractivity contribution in [3.63, 3.8) is 0 Å². The smallest absolute Gasteiger partial charge is 0.227 e. The number of halogens is 1. The normalized spacial score (nSPS) is 17.9. The van der Waals surface area contributed by atoms with E-state index in [1.54, 1.807) is 11.8 Å². The number of Topliss-reactive ketones (excluding diaryl/α,β-unsaturated/α-hetero) is 1. The van der Waals surface area contributed by atoms with Gasteiger partial charge >= 0.3 is 0 Å². The molecule has 1 aliphatic carbocycles. The number of allylic oxidation sites excluding steroid dienone is 2. The molecule has 0 fully saturated rings. The summed E-state index contributed by atoms with van der Waals surface area (Å²) >= 11 is 7.85. The molecule has 0 spiro atoms. The fraction of sp³-hybridized carbons (Fsp3) is 0.292. The van der Waals surface area contributed by atoms with E-state index in [9.17, 15) is 4.79 Å². The van der Waals surface area contributed by atoms with Crippen molar-refractivity contribution in [1.82, 2.24) is 14.8 Å². The number of aromatic nitrogens is 3. The van der Waals surface area contributed by atoms with Crippen molar-refractivity contribution in [1.29, 1.82) is 0 Å². The molecule has 1 aromatic heterocycles. The van der Waals surface area contributed by atoms with Gasteiger partial charge in [0, 0.05) is 28.5 Å². The fourth-order valence-corrected chi connectivity index (χ4v) is 5.31. The van der Waals surface area contributed by atoms with Crippen molar-refractivity contribution < 1.29 is 4.79 Å². The maximum absolute atomic E-state index is 12.9. The third-order valence-corrected chi connectivity index (χ3v) is 7.12. The molecular formula is C24H23ClN4OS. The largest absolute Gasteiger partial charge is 0.328 e. The number of aryl methyl sites for hydroxylation is 1. The lowest BCUT2D eigenvalue weighted by Gasteiger charge is -2.32. The van der Waals surface area contributed by atoms with Crippen LogP contribution in [0.1, 0.15) is 48.9 Å². The highest BCUT2D eigenvalue weighted by molar-refractivity contribution is 7.98. The second-order valence-electron chi connectivity index (χ2n) is 7.83. The van der Waals surface area contributed by atoms with Gasteiger partial charge < -0.3 is 5.32 Å². The van der Waals surface area contributed by atoms with Crippen molar-refractivity contribution in [2.45, 2.75) is 49.6 Å². The van der Waals surface area contributed by atoms with E-state index in [0.717, 1.165) is 46.7 Å². The Bertz CT molecular complexity index is 1170. The standard InChI is InChI=1S/C24H23ClN4OS/c1-2-15-10-12-16(13-11-15)22-21-19(8-5-9-20(21)30)26-23-27-24(28-29(22)23)31-14-17-6-3-4-7-18(17)25/h3-4,6-7,10-13,22H,2,5,8-9,14H2,1H3,(H,26,27,28). The van der Waals surface area contributed by atoms with Gasteiger partial charge in [-0.25, -0.2) is 4.68 Å². The van der Waals surface area contributed by atoms with E-state index in [1.807, 2.05) is 28.9 Å². The summed E-state index contributed by atoms with van der Waals surface area (Å²) in [5.74, 6) is 1.58. The summed E-state index contributed by atoms with van der Waals surface area (Å²) in [5.41, 5.74) is 5.21. The van der Waals surface area contributed by atoms with Crippen molar-refractivity contribution in [3.8, 4) is 0 Å². The highest BCUT2D eigenvalue weighted by atomic mass is 35.5. The van der Waals surface area contributed by atoms with Gasteiger partial charge in [0.15, 0.2) is 5.78 Å². The lowest BCUT2D eigenvalue weighted by atomic mass is 9.85. The molecule has 7 heteroatoms. The van der Waals surface area contributed by atoms with Gasteiger partial charge in [0.1, 0.15) is 6.04 Å². The van der Waals surface area contributed by atoms with Crippen LogP contribution in [0.3, 0.4) is 0 Å². The molecule has 1 aliphatic heterocycles. The maximum atomic E-state index is 12.9. The van der Waals surface area contributed by atoms with Gasteiger partial charge in [0.25, 0.3) is 0 Å². The number of nitrogens with zero attached hydrogens (tertiary/aromatic N) is 3. The second-order valence-corrected chi connectivity index (χ2v) is 9.18. The average Bonchev–Trinajstić information content (AvgIpc) is 3.20. The van der Waals surface area contributed by atoms with Crippen LogP contribution in [-0.4, -0.2) is 20.5 Å². The quantitative estimate of drug-likeness (QED) is 0.497. The Morgan fingerprint density at radius 3 is 2.74 bits per heavy atom. The number of carbonyl (C=O) groups is 1. The minimum atomic E-state index is -0.243. The van der Waals surface area contributed by atoms with Crippen molar-refractivity contribution in [3.05, 3.63) is 81.5 Å². The van der Waals surface area contributed by atoms with Crippen molar-refractivity contribution in [2.24, 2.45) is 0 Å². The third-order valence-electron chi connectivity index (χ3n) is 5.87. The van der Waals surface area contributed by atoms with Gasteiger partial charge in [0.2, 0.25) is 11.1 Å². The van der Waals surface area contributed by atoms with Gasteiger partial charge in [0.05, 0.1) is 0 Å². The van der Waals surface area contributed by atoms with E-state index in [4.69, 9.17) is 21.7 Å². The summed E-state index contributed by atoms with van der Waals surface area (Å²) in [7, 11) is 0. The zero-order valence-corrected chi connectivity index (χ0v) is 18.8. The minimum absolute atomic E-state index is 0.199. The van der Waals surface area contributed by atoms with E-state index in [2.05, 4.69) is 36.5 Å². The van der Waals surface area contributed by atoms with E-state index < -0.39 is 0 Å². The number of hydrogen-bond donors (Lipinski definition) is 1. The molecule has 31 heavy (non-hydrogen) atoms. The number of anilines is 1. The van der Waals surface area contributed by atoms with Crippen LogP contribution in [-0.2, 0) is 17.0 Å². The summed E-state index contributed by atoms with van der Waals surface area (Å²) in [6.45, 7) is 2.14. The number of hydrogen-bond acceptors (Lipinski definition) is 5. The van der Waals surface area contributed by atoms with E-state index in [0.29, 0.717) is 23.3 Å². The Kier molecular flexibility index (Phi) is 5.59.